The number of aliphatic imine (C=N–C) groups is 1. The number of hydrogen-bond donors (Lipinski definition) is 3. The van der Waals surface area contributed by atoms with Crippen LogP contribution in [0.25, 0.3) is 5.70 Å². The first-order valence-corrected chi connectivity index (χ1v) is 6.47. The molecule has 4 N–H and O–H groups in total. The Morgan fingerprint density at radius 1 is 1.55 bits per heavy atom. The summed E-state index contributed by atoms with van der Waals surface area (Å²) in [6.45, 7) is 0.521. The summed E-state index contributed by atoms with van der Waals surface area (Å²) in [5.74, 6) is -0.295. The van der Waals surface area contributed by atoms with Crippen molar-refractivity contribution in [1.82, 2.24) is 5.32 Å². The van der Waals surface area contributed by atoms with E-state index in [1.54, 1.807) is 24.4 Å². The zero-order chi connectivity index (χ0) is 14.6. The van der Waals surface area contributed by atoms with Gasteiger partial charge in [-0.3, -0.25) is 10.3 Å². The molecule has 4 nitrogen and oxygen atoms in total. The van der Waals surface area contributed by atoms with Crippen molar-refractivity contribution < 1.29 is 9.50 Å². The molecule has 1 unspecified atom stereocenters. The maximum Gasteiger partial charge on any atom is 0.135 e. The van der Waals surface area contributed by atoms with Crippen LogP contribution >= 0.6 is 0 Å². The Hall–Kier alpha value is -1.66. The normalized spacial score (nSPS) is 27.3. The Morgan fingerprint density at radius 2 is 2.25 bits per heavy atom. The van der Waals surface area contributed by atoms with E-state index in [1.807, 2.05) is 0 Å². The molecule has 1 aliphatic rings. The molecule has 2 atom stereocenters. The summed E-state index contributed by atoms with van der Waals surface area (Å²) in [7, 11) is 5.54. The number of nitrogens with one attached hydrogen (secondary N) is 1. The van der Waals surface area contributed by atoms with Crippen molar-refractivity contribution in [2.24, 2.45) is 10.7 Å². The number of hydrogen-bond acceptors (Lipinski definition) is 4. The minimum Gasteiger partial charge on any atom is -0.398 e. The van der Waals surface area contributed by atoms with Crippen LogP contribution in [0.15, 0.2) is 35.3 Å². The third-order valence-electron chi connectivity index (χ3n) is 3.19. The Balaban J connectivity index is 1.86. The van der Waals surface area contributed by atoms with E-state index in [9.17, 15) is 9.50 Å². The number of nitrogens with two attached hydrogens (primary N) is 1. The van der Waals surface area contributed by atoms with Gasteiger partial charge in [0.05, 0.1) is 12.2 Å². The molecule has 0 aromatic heterocycles. The number of rotatable bonds is 4. The van der Waals surface area contributed by atoms with Crippen LogP contribution in [0, 0.1) is 5.82 Å². The second kappa shape index (κ2) is 6.20. The highest BCUT2D eigenvalue weighted by Gasteiger charge is 2.30. The minimum absolute atomic E-state index is 0.0710. The third kappa shape index (κ3) is 4.18. The van der Waals surface area contributed by atoms with E-state index in [0.717, 1.165) is 12.0 Å². The van der Waals surface area contributed by atoms with Gasteiger partial charge in [0.15, 0.2) is 0 Å². The lowest BCUT2D eigenvalue weighted by atomic mass is 9.90. The highest BCUT2D eigenvalue weighted by atomic mass is 19.1. The summed E-state index contributed by atoms with van der Waals surface area (Å²) in [4.78, 5) is 4.22. The highest BCUT2D eigenvalue weighted by molar-refractivity contribution is 6.14. The SMILES string of the molecule is [B]C1(O)CC[C@@H](CN=C/C=C(\N)c2ccc(F)cc2)N1. The number of nitrogens with zero attached hydrogens (tertiary/aromatic N) is 1. The van der Waals surface area contributed by atoms with Gasteiger partial charge in [-0.2, -0.15) is 0 Å². The van der Waals surface area contributed by atoms with E-state index in [-0.39, 0.29) is 11.9 Å². The van der Waals surface area contributed by atoms with E-state index in [2.05, 4.69) is 10.3 Å². The quantitative estimate of drug-likeness (QED) is 0.560. The number of aliphatic hydroxyl groups is 1. The predicted octanol–water partition coefficient (Wildman–Crippen LogP) is 0.763. The molecule has 1 aliphatic heterocycles. The Kier molecular flexibility index (Phi) is 4.57. The van der Waals surface area contributed by atoms with Gasteiger partial charge >= 0.3 is 0 Å². The fraction of sp³-hybridized carbons (Fsp3) is 0.357. The first-order valence-electron chi connectivity index (χ1n) is 6.47. The predicted molar refractivity (Wildman–Crippen MR) is 78.8 cm³/mol. The second-order valence-corrected chi connectivity index (χ2v) is 4.95. The molecule has 104 valence electrons. The lowest BCUT2D eigenvalue weighted by molar-refractivity contribution is 0.108. The van der Waals surface area contributed by atoms with Gasteiger partial charge in [-0.15, -0.1) is 0 Å². The average molecular weight is 273 g/mol. The molecule has 0 amide bonds. The largest absolute Gasteiger partial charge is 0.398 e. The molecule has 1 aromatic carbocycles. The molecule has 20 heavy (non-hydrogen) atoms. The molecule has 6 heteroatoms. The molecule has 0 aliphatic carbocycles. The number of halogens is 1. The van der Waals surface area contributed by atoms with E-state index in [4.69, 9.17) is 13.6 Å². The third-order valence-corrected chi connectivity index (χ3v) is 3.19. The fourth-order valence-electron chi connectivity index (χ4n) is 2.09. The summed E-state index contributed by atoms with van der Waals surface area (Å²) in [5.41, 5.74) is 5.84. The summed E-state index contributed by atoms with van der Waals surface area (Å²) in [6.07, 6.45) is 4.56. The zero-order valence-corrected chi connectivity index (χ0v) is 11.1. The molecule has 0 saturated carbocycles. The topological polar surface area (TPSA) is 70.6 Å². The smallest absolute Gasteiger partial charge is 0.135 e. The number of benzene rings is 1. The maximum absolute atomic E-state index is 12.8. The van der Waals surface area contributed by atoms with E-state index >= 15 is 0 Å². The van der Waals surface area contributed by atoms with Crippen molar-refractivity contribution in [1.29, 1.82) is 0 Å². The van der Waals surface area contributed by atoms with Crippen LogP contribution < -0.4 is 11.1 Å². The monoisotopic (exact) mass is 273 g/mol. The van der Waals surface area contributed by atoms with Gasteiger partial charge in [-0.1, -0.05) is 12.1 Å². The molecule has 2 rings (SSSR count). The summed E-state index contributed by atoms with van der Waals surface area (Å²) in [5, 5.41) is 12.4. The Bertz CT molecular complexity index is 514. The van der Waals surface area contributed by atoms with Gasteiger partial charge in [0.1, 0.15) is 13.7 Å². The van der Waals surface area contributed by atoms with Gasteiger partial charge in [0.2, 0.25) is 0 Å². The molecule has 2 radical (unpaired) electrons. The lowest BCUT2D eigenvalue weighted by Gasteiger charge is -2.18. The van der Waals surface area contributed by atoms with Crippen LogP contribution in [-0.2, 0) is 0 Å². The lowest BCUT2D eigenvalue weighted by Crippen LogP contribution is -2.44. The standard InChI is InChI=1S/C14H17BFN3O/c15-14(20)7-5-12(19-14)9-18-8-6-13(17)10-1-3-11(16)4-2-10/h1-4,6,8,12,19-20H,5,7,9,17H2/b13-6-,18-8?/t12-,14?/m0/s1. The van der Waals surface area contributed by atoms with Gasteiger partial charge in [-0.05, 0) is 36.6 Å². The van der Waals surface area contributed by atoms with Crippen LogP contribution in [0.5, 0.6) is 0 Å². The van der Waals surface area contributed by atoms with Crippen LogP contribution in [0.3, 0.4) is 0 Å². The minimum atomic E-state index is -1.27. The molecule has 1 aromatic rings. The molecular weight excluding hydrogens is 256 g/mol. The van der Waals surface area contributed by atoms with Gasteiger partial charge in [0, 0.05) is 18.0 Å². The highest BCUT2D eigenvalue weighted by Crippen LogP contribution is 2.17. The average Bonchev–Trinajstić information content (AvgIpc) is 2.75. The molecule has 0 bridgehead atoms. The molecule has 1 fully saturated rings. The van der Waals surface area contributed by atoms with E-state index < -0.39 is 5.62 Å². The molecular formula is C14H17BFN3O. The van der Waals surface area contributed by atoms with Crippen LogP contribution in [0.2, 0.25) is 0 Å². The van der Waals surface area contributed by atoms with Crippen LogP contribution in [0.4, 0.5) is 4.39 Å². The van der Waals surface area contributed by atoms with Crippen molar-refractivity contribution in [3.8, 4) is 0 Å². The Labute approximate surface area is 119 Å². The van der Waals surface area contributed by atoms with E-state index in [0.29, 0.717) is 18.7 Å². The molecule has 1 heterocycles. The first kappa shape index (κ1) is 14.7. The molecule has 0 spiro atoms. The Morgan fingerprint density at radius 3 is 2.85 bits per heavy atom. The van der Waals surface area contributed by atoms with Crippen molar-refractivity contribution in [3.05, 3.63) is 41.7 Å². The van der Waals surface area contributed by atoms with Crippen molar-refractivity contribution in [2.75, 3.05) is 6.54 Å². The first-order chi connectivity index (χ1) is 9.46. The van der Waals surface area contributed by atoms with E-state index in [1.165, 1.54) is 12.1 Å². The van der Waals surface area contributed by atoms with Crippen molar-refractivity contribution in [2.45, 2.75) is 24.5 Å². The van der Waals surface area contributed by atoms with Gasteiger partial charge < -0.3 is 10.8 Å². The zero-order valence-electron chi connectivity index (χ0n) is 11.1. The maximum atomic E-state index is 12.8. The van der Waals surface area contributed by atoms with Crippen LogP contribution in [-0.4, -0.2) is 37.4 Å². The van der Waals surface area contributed by atoms with Crippen LogP contribution in [0.1, 0.15) is 18.4 Å². The molecule has 1 saturated heterocycles. The fourth-order valence-corrected chi connectivity index (χ4v) is 2.09. The summed E-state index contributed by atoms with van der Waals surface area (Å²) in [6, 6.07) is 6.02. The van der Waals surface area contributed by atoms with Crippen molar-refractivity contribution in [3.63, 3.8) is 0 Å². The number of allylic oxidation sites excluding steroid dienone is 1. The van der Waals surface area contributed by atoms with Gasteiger partial charge in [-0.25, -0.2) is 4.39 Å². The van der Waals surface area contributed by atoms with Crippen molar-refractivity contribution >= 4 is 19.8 Å². The summed E-state index contributed by atoms with van der Waals surface area (Å²) < 4.78 is 12.8. The van der Waals surface area contributed by atoms with Gasteiger partial charge in [0.25, 0.3) is 0 Å². The second-order valence-electron chi connectivity index (χ2n) is 4.95. The summed E-state index contributed by atoms with van der Waals surface area (Å²) >= 11 is 0.